The third-order valence-electron chi connectivity index (χ3n) is 3.90. The average Bonchev–Trinajstić information content (AvgIpc) is 3.05. The Morgan fingerprint density at radius 1 is 0.815 bits per heavy atom. The van der Waals surface area contributed by atoms with Crippen LogP contribution < -0.4 is 5.32 Å². The first kappa shape index (κ1) is 17.4. The number of carbonyl (C=O) groups is 1. The van der Waals surface area contributed by atoms with Crippen LogP contribution in [0.3, 0.4) is 0 Å². The molecule has 0 atom stereocenters. The second kappa shape index (κ2) is 7.70. The van der Waals surface area contributed by atoms with Crippen molar-refractivity contribution in [3.63, 3.8) is 0 Å². The minimum Gasteiger partial charge on any atom is -0.321 e. The lowest BCUT2D eigenvalue weighted by Crippen LogP contribution is -2.10. The highest BCUT2D eigenvalue weighted by atomic mass is 35.5. The summed E-state index contributed by atoms with van der Waals surface area (Å²) in [5.41, 5.74) is 2.17. The quantitative estimate of drug-likeness (QED) is 0.367. The Labute approximate surface area is 165 Å². The zero-order valence-electron chi connectivity index (χ0n) is 14.1. The van der Waals surface area contributed by atoms with Crippen molar-refractivity contribution in [1.29, 1.82) is 0 Å². The van der Waals surface area contributed by atoms with Crippen LogP contribution in [-0.2, 0) is 0 Å². The molecule has 4 rings (SSSR count). The lowest BCUT2D eigenvalue weighted by Gasteiger charge is -2.04. The zero-order chi connectivity index (χ0) is 18.6. The number of rotatable bonds is 4. The van der Waals surface area contributed by atoms with E-state index in [0.717, 1.165) is 15.8 Å². The second-order valence-electron chi connectivity index (χ2n) is 5.78. The summed E-state index contributed by atoms with van der Waals surface area (Å²) >= 11 is 7.75. The minimum atomic E-state index is -0.222. The second-order valence-corrected chi connectivity index (χ2v) is 7.21. The van der Waals surface area contributed by atoms with Gasteiger partial charge in [-0.2, -0.15) is 10.2 Å². The molecule has 27 heavy (non-hydrogen) atoms. The molecule has 1 aromatic heterocycles. The maximum Gasteiger partial charge on any atom is 0.267 e. The number of hydrogen-bond donors (Lipinski definition) is 1. The van der Waals surface area contributed by atoms with E-state index in [4.69, 9.17) is 11.6 Å². The van der Waals surface area contributed by atoms with Crippen LogP contribution in [0.15, 0.2) is 89.1 Å². The highest BCUT2D eigenvalue weighted by molar-refractivity contribution is 7.21. The van der Waals surface area contributed by atoms with E-state index in [0.29, 0.717) is 21.3 Å². The van der Waals surface area contributed by atoms with Gasteiger partial charge in [0.25, 0.3) is 5.91 Å². The van der Waals surface area contributed by atoms with Crippen LogP contribution in [0, 0.1) is 0 Å². The van der Waals surface area contributed by atoms with E-state index < -0.39 is 0 Å². The topological polar surface area (TPSA) is 53.8 Å². The summed E-state index contributed by atoms with van der Waals surface area (Å²) in [5, 5.41) is 12.6. The van der Waals surface area contributed by atoms with Crippen LogP contribution in [0.25, 0.3) is 10.1 Å². The summed E-state index contributed by atoms with van der Waals surface area (Å²) in [7, 11) is 0. The van der Waals surface area contributed by atoms with Gasteiger partial charge < -0.3 is 5.32 Å². The number of carbonyl (C=O) groups excluding carboxylic acids is 1. The van der Waals surface area contributed by atoms with Crippen molar-refractivity contribution < 1.29 is 4.79 Å². The van der Waals surface area contributed by atoms with Gasteiger partial charge in [-0.15, -0.1) is 11.3 Å². The van der Waals surface area contributed by atoms with Crippen LogP contribution >= 0.6 is 22.9 Å². The Bertz CT molecular complexity index is 1120. The lowest BCUT2D eigenvalue weighted by molar-refractivity contribution is 0.103. The first-order chi connectivity index (χ1) is 13.2. The van der Waals surface area contributed by atoms with Gasteiger partial charge in [0.1, 0.15) is 4.88 Å². The molecule has 1 N–H and O–H groups in total. The number of nitrogens with zero attached hydrogens (tertiary/aromatic N) is 2. The van der Waals surface area contributed by atoms with Crippen LogP contribution in [0.5, 0.6) is 0 Å². The van der Waals surface area contributed by atoms with Gasteiger partial charge >= 0.3 is 0 Å². The van der Waals surface area contributed by atoms with Gasteiger partial charge in [0.2, 0.25) is 0 Å². The summed E-state index contributed by atoms with van der Waals surface area (Å²) in [6.45, 7) is 0. The molecule has 0 aliphatic heterocycles. The van der Waals surface area contributed by atoms with Gasteiger partial charge in [0.15, 0.2) is 0 Å². The monoisotopic (exact) mass is 391 g/mol. The summed E-state index contributed by atoms with van der Waals surface area (Å²) in [5.74, 6) is -0.222. The maximum atomic E-state index is 12.6. The smallest absolute Gasteiger partial charge is 0.267 e. The summed E-state index contributed by atoms with van der Waals surface area (Å²) in [6, 6.07) is 24.4. The molecule has 0 aliphatic carbocycles. The minimum absolute atomic E-state index is 0.222. The molecular weight excluding hydrogens is 378 g/mol. The van der Waals surface area contributed by atoms with Crippen molar-refractivity contribution in [3.8, 4) is 0 Å². The Hall–Kier alpha value is -3.02. The van der Waals surface area contributed by atoms with Gasteiger partial charge in [-0.1, -0.05) is 48.0 Å². The molecule has 4 aromatic rings. The van der Waals surface area contributed by atoms with Crippen molar-refractivity contribution in [2.24, 2.45) is 10.2 Å². The Kier molecular flexibility index (Phi) is 4.96. The molecule has 0 saturated heterocycles. The fraction of sp³-hybridized carbons (Fsp3) is 0. The first-order valence-corrected chi connectivity index (χ1v) is 9.45. The van der Waals surface area contributed by atoms with Crippen molar-refractivity contribution in [2.75, 3.05) is 5.32 Å². The number of thiophene rings is 1. The zero-order valence-corrected chi connectivity index (χ0v) is 15.7. The molecule has 0 saturated carbocycles. The molecule has 132 valence electrons. The predicted octanol–water partition coefficient (Wildman–Crippen LogP) is 7.22. The number of halogens is 1. The summed E-state index contributed by atoms with van der Waals surface area (Å²) in [6.07, 6.45) is 0. The molecule has 3 aromatic carbocycles. The number of hydrogen-bond acceptors (Lipinski definition) is 4. The number of amides is 1. The molecule has 0 fully saturated rings. The number of azo groups is 1. The number of nitrogens with one attached hydrogen (secondary N) is 1. The molecule has 4 nitrogen and oxygen atoms in total. The molecule has 0 bridgehead atoms. The number of fused-ring (bicyclic) bond motifs is 1. The molecule has 0 spiro atoms. The maximum absolute atomic E-state index is 12.6. The molecule has 6 heteroatoms. The molecule has 1 heterocycles. The Balaban J connectivity index is 1.48. The van der Waals surface area contributed by atoms with Crippen molar-refractivity contribution in [3.05, 3.63) is 88.8 Å². The Morgan fingerprint density at radius 3 is 2.15 bits per heavy atom. The van der Waals surface area contributed by atoms with Gasteiger partial charge in [-0.3, -0.25) is 4.79 Å². The largest absolute Gasteiger partial charge is 0.321 e. The van der Waals surface area contributed by atoms with Gasteiger partial charge in [-0.05, 0) is 42.5 Å². The van der Waals surface area contributed by atoms with E-state index in [2.05, 4.69) is 15.5 Å². The van der Waals surface area contributed by atoms with Crippen LogP contribution in [0.4, 0.5) is 17.1 Å². The highest BCUT2D eigenvalue weighted by Crippen LogP contribution is 2.35. The number of anilines is 1. The van der Waals surface area contributed by atoms with Gasteiger partial charge in [0.05, 0.1) is 16.4 Å². The van der Waals surface area contributed by atoms with Crippen LogP contribution in [0.1, 0.15) is 9.67 Å². The Morgan fingerprint density at radius 2 is 1.44 bits per heavy atom. The van der Waals surface area contributed by atoms with E-state index in [1.807, 2.05) is 54.6 Å². The van der Waals surface area contributed by atoms with Crippen molar-refractivity contribution in [2.45, 2.75) is 0 Å². The standard InChI is InChI=1S/C21H14ClN3OS/c22-19-17-8-4-5-9-18(17)27-20(19)21(26)23-14-10-12-16(13-11-14)25-24-15-6-2-1-3-7-15/h1-13H,(H,23,26). The summed E-state index contributed by atoms with van der Waals surface area (Å²) in [4.78, 5) is 13.1. The predicted molar refractivity (Wildman–Crippen MR) is 112 cm³/mol. The van der Waals surface area contributed by atoms with Crippen molar-refractivity contribution in [1.82, 2.24) is 0 Å². The van der Waals surface area contributed by atoms with Crippen molar-refractivity contribution >= 4 is 56.0 Å². The van der Waals surface area contributed by atoms with E-state index in [-0.39, 0.29) is 5.91 Å². The lowest BCUT2D eigenvalue weighted by atomic mass is 10.2. The fourth-order valence-electron chi connectivity index (χ4n) is 2.57. The van der Waals surface area contributed by atoms with E-state index in [1.54, 1.807) is 24.3 Å². The normalized spacial score (nSPS) is 11.1. The molecule has 0 radical (unpaired) electrons. The summed E-state index contributed by atoms with van der Waals surface area (Å²) < 4.78 is 0.990. The number of benzene rings is 3. The van der Waals surface area contributed by atoms with Crippen LogP contribution in [0.2, 0.25) is 5.02 Å². The highest BCUT2D eigenvalue weighted by Gasteiger charge is 2.16. The fourth-order valence-corrected chi connectivity index (χ4v) is 3.98. The van der Waals surface area contributed by atoms with E-state index >= 15 is 0 Å². The molecule has 1 amide bonds. The van der Waals surface area contributed by atoms with Gasteiger partial charge in [0, 0.05) is 15.8 Å². The third kappa shape index (κ3) is 3.89. The van der Waals surface area contributed by atoms with Crippen LogP contribution in [-0.4, -0.2) is 5.91 Å². The van der Waals surface area contributed by atoms with E-state index in [9.17, 15) is 4.79 Å². The third-order valence-corrected chi connectivity index (χ3v) is 5.58. The van der Waals surface area contributed by atoms with E-state index in [1.165, 1.54) is 11.3 Å². The molecule has 0 unspecified atom stereocenters. The molecule has 0 aliphatic rings. The first-order valence-electron chi connectivity index (χ1n) is 8.26. The molecular formula is C21H14ClN3OS. The average molecular weight is 392 g/mol. The SMILES string of the molecule is O=C(Nc1ccc(N=Nc2ccccc2)cc1)c1sc2ccccc2c1Cl. The van der Waals surface area contributed by atoms with Gasteiger partial charge in [-0.25, -0.2) is 0 Å².